The molecule has 0 spiro atoms. The molecule has 7 heteroatoms. The van der Waals surface area contributed by atoms with Gasteiger partial charge < -0.3 is 10.6 Å². The van der Waals surface area contributed by atoms with Crippen molar-refractivity contribution >= 4 is 16.0 Å². The molecule has 0 aliphatic heterocycles. The number of sulfonamides is 1. The van der Waals surface area contributed by atoms with Crippen LogP contribution in [0.25, 0.3) is 0 Å². The first-order valence-electron chi connectivity index (χ1n) is 5.88. The van der Waals surface area contributed by atoms with Gasteiger partial charge >= 0.3 is 0 Å². The van der Waals surface area contributed by atoms with Crippen LogP contribution in [0.1, 0.15) is 11.1 Å². The van der Waals surface area contributed by atoms with E-state index in [1.807, 2.05) is 24.3 Å². The highest BCUT2D eigenvalue weighted by Gasteiger charge is 2.08. The van der Waals surface area contributed by atoms with Crippen LogP contribution in [-0.4, -0.2) is 35.5 Å². The topological polar surface area (TPSA) is 82.6 Å². The minimum Gasteiger partial charge on any atom is -0.359 e. The number of nitrogens with zero attached hydrogens (tertiary/aromatic N) is 1. The zero-order valence-corrected chi connectivity index (χ0v) is 12.2. The largest absolute Gasteiger partial charge is 0.359 e. The van der Waals surface area contributed by atoms with Crippen LogP contribution < -0.4 is 15.4 Å². The Balaban J connectivity index is 2.62. The maximum absolute atomic E-state index is 11.4. The number of hydrogen-bond acceptors (Lipinski definition) is 3. The Morgan fingerprint density at radius 2 is 1.74 bits per heavy atom. The fourth-order valence-corrected chi connectivity index (χ4v) is 2.29. The van der Waals surface area contributed by atoms with Crippen LogP contribution in [-0.2, 0) is 22.3 Å². The maximum Gasteiger partial charge on any atom is 0.215 e. The summed E-state index contributed by atoms with van der Waals surface area (Å²) in [5.41, 5.74) is 1.82. The summed E-state index contributed by atoms with van der Waals surface area (Å²) in [5, 5.41) is 6.05. The molecule has 0 aliphatic carbocycles. The monoisotopic (exact) mass is 284 g/mol. The van der Waals surface area contributed by atoms with Gasteiger partial charge in [0, 0.05) is 20.6 Å². The molecule has 0 atom stereocenters. The van der Waals surface area contributed by atoms with Crippen LogP contribution >= 0.6 is 0 Å². The second-order valence-electron chi connectivity index (χ2n) is 3.96. The van der Waals surface area contributed by atoms with Gasteiger partial charge in [-0.3, -0.25) is 4.99 Å². The van der Waals surface area contributed by atoms with Gasteiger partial charge in [0.15, 0.2) is 5.96 Å². The molecule has 1 aromatic carbocycles. The van der Waals surface area contributed by atoms with Gasteiger partial charge in [-0.2, -0.15) is 0 Å². The molecule has 0 aromatic heterocycles. The molecule has 1 rings (SSSR count). The summed E-state index contributed by atoms with van der Waals surface area (Å²) < 4.78 is 25.1. The number of guanidine groups is 1. The molecule has 0 aliphatic rings. The van der Waals surface area contributed by atoms with Crippen LogP contribution in [0.2, 0.25) is 0 Å². The predicted molar refractivity (Wildman–Crippen MR) is 77.4 cm³/mol. The normalized spacial score (nSPS) is 12.3. The Hall–Kier alpha value is -1.60. The van der Waals surface area contributed by atoms with E-state index in [0.29, 0.717) is 12.5 Å². The van der Waals surface area contributed by atoms with E-state index in [9.17, 15) is 8.42 Å². The summed E-state index contributed by atoms with van der Waals surface area (Å²) in [6.07, 6.45) is 0. The molecule has 0 bridgehead atoms. The number of rotatable bonds is 5. The zero-order chi connectivity index (χ0) is 14.3. The second kappa shape index (κ2) is 7.10. The van der Waals surface area contributed by atoms with Gasteiger partial charge in [-0.05, 0) is 18.2 Å². The quantitative estimate of drug-likeness (QED) is 0.526. The molecule has 0 fully saturated rings. The highest BCUT2D eigenvalue weighted by Crippen LogP contribution is 2.07. The number of benzene rings is 1. The van der Waals surface area contributed by atoms with Gasteiger partial charge in [0.05, 0.1) is 5.75 Å². The van der Waals surface area contributed by atoms with Crippen LogP contribution in [0.4, 0.5) is 0 Å². The van der Waals surface area contributed by atoms with E-state index >= 15 is 0 Å². The first-order chi connectivity index (χ1) is 9.00. The van der Waals surface area contributed by atoms with Gasteiger partial charge in [0.25, 0.3) is 0 Å². The van der Waals surface area contributed by atoms with Crippen molar-refractivity contribution in [3.05, 3.63) is 35.4 Å². The van der Waals surface area contributed by atoms with E-state index in [0.717, 1.165) is 11.1 Å². The van der Waals surface area contributed by atoms with Crippen molar-refractivity contribution in [2.45, 2.75) is 12.3 Å². The first-order valence-corrected chi connectivity index (χ1v) is 7.53. The summed E-state index contributed by atoms with van der Waals surface area (Å²) in [7, 11) is 1.69. The van der Waals surface area contributed by atoms with E-state index in [2.05, 4.69) is 20.3 Å². The highest BCUT2D eigenvalue weighted by molar-refractivity contribution is 7.88. The summed E-state index contributed by atoms with van der Waals surface area (Å²) in [6, 6.07) is 7.43. The van der Waals surface area contributed by atoms with Crippen LogP contribution in [0.5, 0.6) is 0 Å². The van der Waals surface area contributed by atoms with Crippen molar-refractivity contribution < 1.29 is 8.42 Å². The molecule has 0 unspecified atom stereocenters. The fourth-order valence-electron chi connectivity index (χ4n) is 1.51. The van der Waals surface area contributed by atoms with Gasteiger partial charge in [0.2, 0.25) is 10.0 Å². The second-order valence-corrected chi connectivity index (χ2v) is 5.88. The zero-order valence-electron chi connectivity index (χ0n) is 11.4. The lowest BCUT2D eigenvalue weighted by Crippen LogP contribution is -2.34. The lowest BCUT2D eigenvalue weighted by atomic mass is 10.1. The molecule has 0 amide bonds. The standard InChI is InChI=1S/C12H20N4O2S/c1-13-12(14-2)16-8-10-4-6-11(7-5-10)9-19(17,18)15-3/h4-7,15H,8-9H2,1-3H3,(H2,13,14,16). The van der Waals surface area contributed by atoms with E-state index < -0.39 is 10.0 Å². The van der Waals surface area contributed by atoms with Crippen molar-refractivity contribution in [2.24, 2.45) is 4.99 Å². The van der Waals surface area contributed by atoms with Gasteiger partial charge in [-0.1, -0.05) is 24.3 Å². The minimum absolute atomic E-state index is 0.00457. The third-order valence-electron chi connectivity index (χ3n) is 2.61. The molecular weight excluding hydrogens is 264 g/mol. The van der Waals surface area contributed by atoms with Crippen LogP contribution in [0.15, 0.2) is 29.3 Å². The SMILES string of the molecule is CN=C(NC)NCc1ccc(CS(=O)(=O)NC)cc1. The van der Waals surface area contributed by atoms with E-state index in [1.54, 1.807) is 14.1 Å². The van der Waals surface area contributed by atoms with E-state index in [4.69, 9.17) is 0 Å². The summed E-state index contributed by atoms with van der Waals surface area (Å²) in [5.74, 6) is 0.705. The molecule has 0 saturated carbocycles. The molecule has 0 heterocycles. The summed E-state index contributed by atoms with van der Waals surface area (Å²) in [6.45, 7) is 0.632. The summed E-state index contributed by atoms with van der Waals surface area (Å²) in [4.78, 5) is 4.01. The van der Waals surface area contributed by atoms with Crippen molar-refractivity contribution in [1.82, 2.24) is 15.4 Å². The predicted octanol–water partition coefficient (Wildman–Crippen LogP) is 0.0306. The van der Waals surface area contributed by atoms with Gasteiger partial charge in [0.1, 0.15) is 0 Å². The fraction of sp³-hybridized carbons (Fsp3) is 0.417. The number of nitrogens with one attached hydrogen (secondary N) is 3. The Bertz CT molecular complexity index is 523. The first kappa shape index (κ1) is 15.5. The van der Waals surface area contributed by atoms with E-state index in [-0.39, 0.29) is 5.75 Å². The van der Waals surface area contributed by atoms with Gasteiger partial charge in [-0.15, -0.1) is 0 Å². The molecule has 3 N–H and O–H groups in total. The number of aliphatic imine (C=N–C) groups is 1. The Morgan fingerprint density at radius 1 is 1.16 bits per heavy atom. The molecule has 6 nitrogen and oxygen atoms in total. The molecular formula is C12H20N4O2S. The van der Waals surface area contributed by atoms with Crippen molar-refractivity contribution in [3.63, 3.8) is 0 Å². The lowest BCUT2D eigenvalue weighted by Gasteiger charge is -2.09. The van der Waals surface area contributed by atoms with Crippen LogP contribution in [0.3, 0.4) is 0 Å². The Kier molecular flexibility index (Phi) is 5.78. The maximum atomic E-state index is 11.4. The Labute approximate surface area is 114 Å². The van der Waals surface area contributed by atoms with Crippen molar-refractivity contribution in [3.8, 4) is 0 Å². The average molecular weight is 284 g/mol. The molecule has 19 heavy (non-hydrogen) atoms. The third-order valence-corrected chi connectivity index (χ3v) is 3.95. The molecule has 0 radical (unpaired) electrons. The highest BCUT2D eigenvalue weighted by atomic mass is 32.2. The van der Waals surface area contributed by atoms with Crippen LogP contribution in [0, 0.1) is 0 Å². The van der Waals surface area contributed by atoms with E-state index in [1.165, 1.54) is 7.05 Å². The lowest BCUT2D eigenvalue weighted by molar-refractivity contribution is 0.587. The van der Waals surface area contributed by atoms with Gasteiger partial charge in [-0.25, -0.2) is 13.1 Å². The summed E-state index contributed by atoms with van der Waals surface area (Å²) >= 11 is 0. The van der Waals surface area contributed by atoms with Crippen molar-refractivity contribution in [1.29, 1.82) is 0 Å². The minimum atomic E-state index is -3.21. The average Bonchev–Trinajstić information content (AvgIpc) is 2.41. The Morgan fingerprint density at radius 3 is 2.21 bits per heavy atom. The van der Waals surface area contributed by atoms with Crippen molar-refractivity contribution in [2.75, 3.05) is 21.1 Å². The molecule has 106 valence electrons. The third kappa shape index (κ3) is 5.27. The molecule has 0 saturated heterocycles. The molecule has 1 aromatic rings. The smallest absolute Gasteiger partial charge is 0.215 e. The number of hydrogen-bond donors (Lipinski definition) is 3.